The zero-order valence-electron chi connectivity index (χ0n) is 24.6. The predicted molar refractivity (Wildman–Crippen MR) is 167 cm³/mol. The van der Waals surface area contributed by atoms with Crippen molar-refractivity contribution in [3.8, 4) is 17.6 Å². The number of hydrogen-bond acceptors (Lipinski definition) is 11. The van der Waals surface area contributed by atoms with Gasteiger partial charge in [-0.25, -0.2) is 0 Å². The Labute approximate surface area is 258 Å². The van der Waals surface area contributed by atoms with Crippen LogP contribution in [-0.2, 0) is 9.59 Å². The van der Waals surface area contributed by atoms with Gasteiger partial charge in [0.1, 0.15) is 17.3 Å². The number of aryl methyl sites for hydroxylation is 1. The number of nitriles is 1. The van der Waals surface area contributed by atoms with Crippen molar-refractivity contribution in [2.75, 3.05) is 30.2 Å². The Morgan fingerprint density at radius 2 is 1.93 bits per heavy atom. The molecule has 0 radical (unpaired) electrons. The number of ketones is 1. The van der Waals surface area contributed by atoms with Gasteiger partial charge in [-0.15, -0.1) is 10.2 Å². The maximum Gasteiger partial charge on any atom is 0.234 e. The molecular weight excluding hydrogens is 585 g/mol. The normalized spacial score (nSPS) is 17.8. The standard InChI is InChI=1S/C31H32N6O4S2/c1-17-6-8-18(9-7-17)34-25(39)16-42-30-36-35-29(43-30)37-22-13-31(2,3)14-23(38)27(22)26(21(15-32)28(37)33)20-11-10-19(40-4)12-24(20)41-5/h6-12,26H,13-14,16,33H2,1-5H3,(H,34,39). The predicted octanol–water partition coefficient (Wildman–Crippen LogP) is 5.54. The topological polar surface area (TPSA) is 143 Å². The molecule has 0 saturated carbocycles. The summed E-state index contributed by atoms with van der Waals surface area (Å²) in [7, 11) is 3.10. The molecule has 1 atom stereocenters. The highest BCUT2D eigenvalue weighted by Gasteiger charge is 2.46. The zero-order valence-corrected chi connectivity index (χ0v) is 26.2. The van der Waals surface area contributed by atoms with E-state index in [2.05, 4.69) is 21.6 Å². The lowest BCUT2D eigenvalue weighted by Gasteiger charge is -2.42. The highest BCUT2D eigenvalue weighted by Crippen LogP contribution is 2.52. The molecule has 1 aromatic heterocycles. The van der Waals surface area contributed by atoms with Crippen LogP contribution in [0.3, 0.4) is 0 Å². The van der Waals surface area contributed by atoms with Crippen LogP contribution < -0.4 is 25.4 Å². The Kier molecular flexibility index (Phi) is 8.48. The summed E-state index contributed by atoms with van der Waals surface area (Å²) in [5, 5.41) is 22.4. The van der Waals surface area contributed by atoms with Crippen LogP contribution in [0.2, 0.25) is 0 Å². The fourth-order valence-corrected chi connectivity index (χ4v) is 7.09. The lowest BCUT2D eigenvalue weighted by molar-refractivity contribution is -0.118. The van der Waals surface area contributed by atoms with Crippen molar-refractivity contribution < 1.29 is 19.1 Å². The summed E-state index contributed by atoms with van der Waals surface area (Å²) < 4.78 is 11.6. The fraction of sp³-hybridized carbons (Fsp3) is 0.323. The van der Waals surface area contributed by atoms with Gasteiger partial charge in [0.05, 0.1) is 37.5 Å². The smallest absolute Gasteiger partial charge is 0.234 e. The van der Waals surface area contributed by atoms with Crippen molar-refractivity contribution in [2.24, 2.45) is 11.1 Å². The van der Waals surface area contributed by atoms with Crippen molar-refractivity contribution in [1.82, 2.24) is 10.2 Å². The molecule has 2 aromatic carbocycles. The number of allylic oxidation sites excluding steroid dienone is 3. The van der Waals surface area contributed by atoms with E-state index in [0.717, 1.165) is 11.3 Å². The number of amides is 1. The molecule has 1 aliphatic carbocycles. The van der Waals surface area contributed by atoms with Crippen LogP contribution in [0.25, 0.3) is 0 Å². The number of nitrogens with zero attached hydrogens (tertiary/aromatic N) is 4. The van der Waals surface area contributed by atoms with E-state index < -0.39 is 5.92 Å². The van der Waals surface area contributed by atoms with E-state index in [9.17, 15) is 14.9 Å². The van der Waals surface area contributed by atoms with Crippen molar-refractivity contribution in [3.05, 3.63) is 76.3 Å². The molecule has 1 aliphatic heterocycles. The third kappa shape index (κ3) is 6.09. The molecule has 12 heteroatoms. The molecule has 0 fully saturated rings. The second-order valence-corrected chi connectivity index (χ2v) is 13.3. The number of benzene rings is 2. The van der Waals surface area contributed by atoms with Crippen LogP contribution in [0.1, 0.15) is 43.7 Å². The molecule has 0 bridgehead atoms. The number of carbonyl (C=O) groups excluding carboxylic acids is 2. The number of hydrogen-bond donors (Lipinski definition) is 2. The van der Waals surface area contributed by atoms with E-state index in [1.807, 2.05) is 51.1 Å². The van der Waals surface area contributed by atoms with Crippen LogP contribution in [0, 0.1) is 23.7 Å². The van der Waals surface area contributed by atoms with Crippen molar-refractivity contribution in [2.45, 2.75) is 43.9 Å². The molecular formula is C31H32N6O4S2. The molecule has 10 nitrogen and oxygen atoms in total. The summed E-state index contributed by atoms with van der Waals surface area (Å²) in [6.07, 6.45) is 0.851. The Balaban J connectivity index is 1.50. The minimum Gasteiger partial charge on any atom is -0.497 e. The summed E-state index contributed by atoms with van der Waals surface area (Å²) in [6.45, 7) is 6.05. The van der Waals surface area contributed by atoms with Crippen LogP contribution >= 0.6 is 23.1 Å². The fourth-order valence-electron chi connectivity index (χ4n) is 5.41. The Morgan fingerprint density at radius 3 is 2.60 bits per heavy atom. The first kappa shape index (κ1) is 30.1. The van der Waals surface area contributed by atoms with Crippen LogP contribution in [0.4, 0.5) is 10.8 Å². The largest absolute Gasteiger partial charge is 0.497 e. The second kappa shape index (κ2) is 12.1. The van der Waals surface area contributed by atoms with E-state index in [4.69, 9.17) is 15.2 Å². The Morgan fingerprint density at radius 1 is 1.19 bits per heavy atom. The van der Waals surface area contributed by atoms with Gasteiger partial charge in [-0.05, 0) is 37.0 Å². The summed E-state index contributed by atoms with van der Waals surface area (Å²) in [6, 6.07) is 15.1. The molecule has 1 amide bonds. The molecule has 2 heterocycles. The van der Waals surface area contributed by atoms with Gasteiger partial charge in [0.25, 0.3) is 0 Å². The van der Waals surface area contributed by atoms with Gasteiger partial charge in [0, 0.05) is 35.0 Å². The van der Waals surface area contributed by atoms with E-state index in [0.29, 0.717) is 50.6 Å². The molecule has 1 unspecified atom stereocenters. The van der Waals surface area contributed by atoms with Gasteiger partial charge < -0.3 is 20.5 Å². The SMILES string of the molecule is COc1ccc(C2C(C#N)=C(N)N(c3nnc(SCC(=O)Nc4ccc(C)cc4)s3)C3=C2C(=O)CC(C)(C)C3)c(OC)c1. The summed E-state index contributed by atoms with van der Waals surface area (Å²) in [4.78, 5) is 28.1. The lowest BCUT2D eigenvalue weighted by Crippen LogP contribution is -2.42. The molecule has 3 N–H and O–H groups in total. The molecule has 43 heavy (non-hydrogen) atoms. The highest BCUT2D eigenvalue weighted by molar-refractivity contribution is 8.01. The third-order valence-corrected chi connectivity index (χ3v) is 9.42. The lowest BCUT2D eigenvalue weighted by atomic mass is 9.68. The average Bonchev–Trinajstić information content (AvgIpc) is 3.44. The van der Waals surface area contributed by atoms with E-state index in [-0.39, 0.29) is 34.3 Å². The first-order valence-corrected chi connectivity index (χ1v) is 15.4. The first-order valence-electron chi connectivity index (χ1n) is 13.6. The highest BCUT2D eigenvalue weighted by atomic mass is 32.2. The quantitative estimate of drug-likeness (QED) is 0.310. The number of ether oxygens (including phenoxy) is 2. The molecule has 0 spiro atoms. The number of thioether (sulfide) groups is 1. The second-order valence-electron chi connectivity index (χ2n) is 11.1. The number of nitrogens with one attached hydrogen (secondary N) is 1. The number of methoxy groups -OCH3 is 2. The van der Waals surface area contributed by atoms with Crippen LogP contribution in [-0.4, -0.2) is 41.9 Å². The molecule has 2 aliphatic rings. The maximum atomic E-state index is 13.8. The average molecular weight is 617 g/mol. The number of aromatic nitrogens is 2. The minimum atomic E-state index is -0.715. The van der Waals surface area contributed by atoms with E-state index in [1.165, 1.54) is 30.2 Å². The third-order valence-electron chi connectivity index (χ3n) is 7.38. The van der Waals surface area contributed by atoms with Gasteiger partial charge in [0.2, 0.25) is 11.0 Å². The minimum absolute atomic E-state index is 0.0636. The van der Waals surface area contributed by atoms with Crippen LogP contribution in [0.15, 0.2) is 69.5 Å². The van der Waals surface area contributed by atoms with E-state index in [1.54, 1.807) is 24.1 Å². The van der Waals surface area contributed by atoms with Gasteiger partial charge in [-0.2, -0.15) is 5.26 Å². The number of anilines is 2. The summed E-state index contributed by atoms with van der Waals surface area (Å²) in [5.41, 5.74) is 10.3. The number of nitrogens with two attached hydrogens (primary N) is 1. The summed E-state index contributed by atoms with van der Waals surface area (Å²) in [5.74, 6) is 0.441. The molecule has 5 rings (SSSR count). The Hall–Kier alpha value is -4.34. The number of Topliss-reactive ketones (excluding diaryl/α,β-unsaturated/α-hetero) is 1. The van der Waals surface area contributed by atoms with Gasteiger partial charge in [-0.1, -0.05) is 60.7 Å². The van der Waals surface area contributed by atoms with Crippen molar-refractivity contribution in [3.63, 3.8) is 0 Å². The van der Waals surface area contributed by atoms with Crippen molar-refractivity contribution in [1.29, 1.82) is 5.26 Å². The van der Waals surface area contributed by atoms with Gasteiger partial charge in [0.15, 0.2) is 10.1 Å². The molecule has 0 saturated heterocycles. The number of carbonyl (C=O) groups is 2. The zero-order chi connectivity index (χ0) is 30.9. The molecule has 222 valence electrons. The van der Waals surface area contributed by atoms with Gasteiger partial charge in [-0.3, -0.25) is 14.5 Å². The molecule has 3 aromatic rings. The summed E-state index contributed by atoms with van der Waals surface area (Å²) >= 11 is 2.50. The number of rotatable bonds is 8. The van der Waals surface area contributed by atoms with Crippen LogP contribution in [0.5, 0.6) is 11.5 Å². The monoisotopic (exact) mass is 616 g/mol. The van der Waals surface area contributed by atoms with E-state index >= 15 is 0 Å². The Bertz CT molecular complexity index is 1690. The maximum absolute atomic E-state index is 13.8. The first-order chi connectivity index (χ1) is 20.5. The van der Waals surface area contributed by atoms with Crippen molar-refractivity contribution >= 4 is 45.6 Å². The van der Waals surface area contributed by atoms with Gasteiger partial charge >= 0.3 is 0 Å².